The van der Waals surface area contributed by atoms with E-state index in [1.807, 2.05) is 6.92 Å². The molecule has 1 saturated carbocycles. The molecular formula is C8H20O2SSi. The first-order chi connectivity index (χ1) is 4.97. The van der Waals surface area contributed by atoms with Gasteiger partial charge in [0.1, 0.15) is 0 Å². The summed E-state index contributed by atoms with van der Waals surface area (Å²) >= 11 is 0. The molecule has 4 heteroatoms. The van der Waals surface area contributed by atoms with E-state index >= 15 is 0 Å². The molecule has 1 aliphatic carbocycles. The maximum Gasteiger partial charge on any atom is 0.187 e. The van der Waals surface area contributed by atoms with Crippen LogP contribution in [0.5, 0.6) is 0 Å². The van der Waals surface area contributed by atoms with Crippen molar-refractivity contribution in [1.29, 1.82) is 0 Å². The van der Waals surface area contributed by atoms with Gasteiger partial charge < -0.3 is 9.16 Å². The lowest BCUT2D eigenvalue weighted by molar-refractivity contribution is -0.106. The molecule has 0 aromatic carbocycles. The SMILES string of the molecule is CCOC1(O[Si](C)(C)C)CC1.S. The highest BCUT2D eigenvalue weighted by Crippen LogP contribution is 2.42. The Hall–Kier alpha value is 0.487. The summed E-state index contributed by atoms with van der Waals surface area (Å²) in [6, 6.07) is 0. The van der Waals surface area contributed by atoms with Crippen molar-refractivity contribution in [3.8, 4) is 0 Å². The van der Waals surface area contributed by atoms with E-state index in [4.69, 9.17) is 9.16 Å². The molecule has 0 aromatic rings. The third kappa shape index (κ3) is 3.94. The van der Waals surface area contributed by atoms with Gasteiger partial charge in [-0.25, -0.2) is 0 Å². The van der Waals surface area contributed by atoms with Crippen molar-refractivity contribution >= 4 is 21.8 Å². The van der Waals surface area contributed by atoms with Crippen LogP contribution in [0.1, 0.15) is 19.8 Å². The first-order valence-electron chi connectivity index (χ1n) is 4.32. The van der Waals surface area contributed by atoms with Gasteiger partial charge in [-0.15, -0.1) is 0 Å². The minimum absolute atomic E-state index is 0. The molecule has 1 rings (SSSR count). The largest absolute Gasteiger partial charge is 0.391 e. The van der Waals surface area contributed by atoms with Crippen LogP contribution in [0.2, 0.25) is 19.6 Å². The van der Waals surface area contributed by atoms with Crippen molar-refractivity contribution in [3.63, 3.8) is 0 Å². The quantitative estimate of drug-likeness (QED) is 0.522. The van der Waals surface area contributed by atoms with E-state index in [1.165, 1.54) is 0 Å². The van der Waals surface area contributed by atoms with Crippen molar-refractivity contribution in [2.75, 3.05) is 6.61 Å². The molecule has 0 heterocycles. The first kappa shape index (κ1) is 12.5. The number of ether oxygens (including phenoxy) is 1. The Kier molecular flexibility index (Phi) is 4.30. The van der Waals surface area contributed by atoms with Gasteiger partial charge in [-0.05, 0) is 26.6 Å². The second kappa shape index (κ2) is 4.13. The van der Waals surface area contributed by atoms with Crippen LogP contribution in [0, 0.1) is 0 Å². The molecule has 0 spiro atoms. The van der Waals surface area contributed by atoms with Gasteiger partial charge in [0.25, 0.3) is 0 Å². The van der Waals surface area contributed by atoms with Crippen molar-refractivity contribution in [2.45, 2.75) is 45.2 Å². The monoisotopic (exact) mass is 208 g/mol. The van der Waals surface area contributed by atoms with Gasteiger partial charge in [-0.1, -0.05) is 0 Å². The van der Waals surface area contributed by atoms with Gasteiger partial charge in [0.15, 0.2) is 14.1 Å². The van der Waals surface area contributed by atoms with Crippen LogP contribution < -0.4 is 0 Å². The molecule has 2 nitrogen and oxygen atoms in total. The smallest absolute Gasteiger partial charge is 0.187 e. The zero-order valence-corrected chi connectivity index (χ0v) is 10.4. The Morgan fingerprint density at radius 2 is 1.75 bits per heavy atom. The summed E-state index contributed by atoms with van der Waals surface area (Å²) in [6.07, 6.45) is 2.18. The van der Waals surface area contributed by atoms with E-state index in [0.29, 0.717) is 0 Å². The van der Waals surface area contributed by atoms with E-state index in [9.17, 15) is 0 Å². The number of hydrogen-bond acceptors (Lipinski definition) is 2. The Morgan fingerprint density at radius 3 is 2.00 bits per heavy atom. The van der Waals surface area contributed by atoms with Crippen molar-refractivity contribution in [3.05, 3.63) is 0 Å². The zero-order valence-electron chi connectivity index (χ0n) is 8.44. The minimum atomic E-state index is -1.39. The highest BCUT2D eigenvalue weighted by Gasteiger charge is 2.47. The maximum absolute atomic E-state index is 5.89. The van der Waals surface area contributed by atoms with E-state index in [-0.39, 0.29) is 19.3 Å². The Balaban J connectivity index is 0.00000121. The lowest BCUT2D eigenvalue weighted by atomic mass is 10.7. The lowest BCUT2D eigenvalue weighted by Gasteiger charge is -2.25. The van der Waals surface area contributed by atoms with Gasteiger partial charge in [0.2, 0.25) is 0 Å². The standard InChI is InChI=1S/C8H18O2Si.H2S/c1-5-9-8(6-7-8)10-11(2,3)4;/h5-7H2,1-4H3;1H2. The van der Waals surface area contributed by atoms with Crippen LogP contribution in [0.4, 0.5) is 0 Å². The molecule has 0 unspecified atom stereocenters. The fourth-order valence-corrected chi connectivity index (χ4v) is 2.58. The fraction of sp³-hybridized carbons (Fsp3) is 1.00. The van der Waals surface area contributed by atoms with Crippen LogP contribution in [-0.4, -0.2) is 20.7 Å². The molecule has 0 saturated heterocycles. The number of hydrogen-bond donors (Lipinski definition) is 0. The third-order valence-electron chi connectivity index (χ3n) is 1.56. The molecule has 0 aromatic heterocycles. The topological polar surface area (TPSA) is 18.5 Å². The van der Waals surface area contributed by atoms with Crippen molar-refractivity contribution < 1.29 is 9.16 Å². The highest BCUT2D eigenvalue weighted by atomic mass is 32.1. The Morgan fingerprint density at radius 1 is 1.25 bits per heavy atom. The van der Waals surface area contributed by atoms with Crippen LogP contribution in [0.15, 0.2) is 0 Å². The average molecular weight is 208 g/mol. The van der Waals surface area contributed by atoms with Crippen LogP contribution in [0.3, 0.4) is 0 Å². The second-order valence-electron chi connectivity index (χ2n) is 4.06. The van der Waals surface area contributed by atoms with Crippen molar-refractivity contribution in [1.82, 2.24) is 0 Å². The van der Waals surface area contributed by atoms with E-state index in [1.54, 1.807) is 0 Å². The molecule has 0 atom stereocenters. The van der Waals surface area contributed by atoms with E-state index < -0.39 is 8.32 Å². The molecular weight excluding hydrogens is 188 g/mol. The average Bonchev–Trinajstić information content (AvgIpc) is 2.44. The molecule has 74 valence electrons. The molecule has 0 N–H and O–H groups in total. The Labute approximate surface area is 83.2 Å². The highest BCUT2D eigenvalue weighted by molar-refractivity contribution is 7.59. The van der Waals surface area contributed by atoms with E-state index in [2.05, 4.69) is 19.6 Å². The normalized spacial score (nSPS) is 20.0. The second-order valence-corrected chi connectivity index (χ2v) is 8.49. The zero-order chi connectivity index (χ0) is 8.54. The first-order valence-corrected chi connectivity index (χ1v) is 7.72. The molecule has 0 aliphatic heterocycles. The van der Waals surface area contributed by atoms with Crippen molar-refractivity contribution in [2.24, 2.45) is 0 Å². The van der Waals surface area contributed by atoms with Gasteiger partial charge in [0, 0.05) is 19.4 Å². The van der Waals surface area contributed by atoms with E-state index in [0.717, 1.165) is 19.4 Å². The summed E-state index contributed by atoms with van der Waals surface area (Å²) < 4.78 is 11.4. The molecule has 0 amide bonds. The Bertz CT molecular complexity index is 140. The molecule has 12 heavy (non-hydrogen) atoms. The van der Waals surface area contributed by atoms with Gasteiger partial charge >= 0.3 is 0 Å². The summed E-state index contributed by atoms with van der Waals surface area (Å²) in [5.74, 6) is -0.154. The lowest BCUT2D eigenvalue weighted by Crippen LogP contribution is -2.34. The fourth-order valence-electron chi connectivity index (χ4n) is 1.20. The predicted molar refractivity (Wildman–Crippen MR) is 58.4 cm³/mol. The van der Waals surface area contributed by atoms with Gasteiger partial charge in [0.05, 0.1) is 0 Å². The summed E-state index contributed by atoms with van der Waals surface area (Å²) in [4.78, 5) is 0. The molecule has 1 aliphatic rings. The van der Waals surface area contributed by atoms with Crippen LogP contribution >= 0.6 is 13.5 Å². The summed E-state index contributed by atoms with van der Waals surface area (Å²) in [5, 5.41) is 0. The van der Waals surface area contributed by atoms with Gasteiger partial charge in [-0.3, -0.25) is 0 Å². The summed E-state index contributed by atoms with van der Waals surface area (Å²) in [6.45, 7) is 9.39. The van der Waals surface area contributed by atoms with Gasteiger partial charge in [-0.2, -0.15) is 13.5 Å². The number of rotatable bonds is 4. The third-order valence-corrected chi connectivity index (χ3v) is 2.54. The van der Waals surface area contributed by atoms with Crippen LogP contribution in [0.25, 0.3) is 0 Å². The summed E-state index contributed by atoms with van der Waals surface area (Å²) in [5.41, 5.74) is 0. The molecule has 0 bridgehead atoms. The summed E-state index contributed by atoms with van der Waals surface area (Å²) in [7, 11) is -1.39. The van der Waals surface area contributed by atoms with Crippen LogP contribution in [-0.2, 0) is 9.16 Å². The maximum atomic E-state index is 5.89. The predicted octanol–water partition coefficient (Wildman–Crippen LogP) is 2.48. The minimum Gasteiger partial charge on any atom is -0.391 e. The molecule has 1 fully saturated rings. The molecule has 0 radical (unpaired) electrons.